The maximum absolute atomic E-state index is 8.77. The topological polar surface area (TPSA) is 56.8 Å². The molecular weight excluding hydrogens is 236 g/mol. The smallest absolute Gasteiger partial charge is 0.130 e. The average molecular weight is 254 g/mol. The van der Waals surface area contributed by atoms with E-state index in [0.717, 1.165) is 24.2 Å². The van der Waals surface area contributed by atoms with E-state index in [9.17, 15) is 0 Å². The maximum atomic E-state index is 8.77. The molecule has 1 aromatic carbocycles. The average Bonchev–Trinajstić information content (AvgIpc) is 2.45. The predicted octanol–water partition coefficient (Wildman–Crippen LogP) is 4.08. The van der Waals surface area contributed by atoms with Crippen LogP contribution in [0.25, 0.3) is 6.08 Å². The third kappa shape index (κ3) is 5.27. The zero-order chi connectivity index (χ0) is 13.9. The number of hydrogen-bond donors (Lipinski definition) is 0. The molecule has 0 aromatic heterocycles. The van der Waals surface area contributed by atoms with Gasteiger partial charge in [0.2, 0.25) is 0 Å². The molecule has 0 bridgehead atoms. The van der Waals surface area contributed by atoms with Gasteiger partial charge < -0.3 is 4.74 Å². The van der Waals surface area contributed by atoms with Gasteiger partial charge in [0.15, 0.2) is 0 Å². The van der Waals surface area contributed by atoms with Gasteiger partial charge in [0.25, 0.3) is 0 Å². The summed E-state index contributed by atoms with van der Waals surface area (Å²) in [4.78, 5) is 0. The van der Waals surface area contributed by atoms with Crippen LogP contribution in [0.3, 0.4) is 0 Å². The Kier molecular flexibility index (Phi) is 6.84. The summed E-state index contributed by atoms with van der Waals surface area (Å²) >= 11 is 0. The Bertz CT molecular complexity index is 490. The minimum absolute atomic E-state index is 0.0852. The maximum Gasteiger partial charge on any atom is 0.130 e. The van der Waals surface area contributed by atoms with Crippen LogP contribution in [-0.2, 0) is 0 Å². The van der Waals surface area contributed by atoms with E-state index in [1.807, 2.05) is 36.4 Å². The van der Waals surface area contributed by atoms with E-state index in [-0.39, 0.29) is 5.57 Å². The zero-order valence-corrected chi connectivity index (χ0v) is 11.2. The molecule has 0 spiro atoms. The molecule has 3 nitrogen and oxygen atoms in total. The third-order valence-electron chi connectivity index (χ3n) is 2.72. The number of benzene rings is 1. The molecule has 0 aliphatic carbocycles. The highest BCUT2D eigenvalue weighted by atomic mass is 16.5. The van der Waals surface area contributed by atoms with Crippen molar-refractivity contribution in [2.75, 3.05) is 6.61 Å². The lowest BCUT2D eigenvalue weighted by atomic mass is 10.1. The van der Waals surface area contributed by atoms with E-state index in [4.69, 9.17) is 15.3 Å². The number of unbranched alkanes of at least 4 members (excludes halogenated alkanes) is 3. The highest BCUT2D eigenvalue weighted by molar-refractivity contribution is 5.66. The van der Waals surface area contributed by atoms with Crippen molar-refractivity contribution in [1.29, 1.82) is 10.5 Å². The van der Waals surface area contributed by atoms with Crippen molar-refractivity contribution in [1.82, 2.24) is 0 Å². The Morgan fingerprint density at radius 3 is 2.58 bits per heavy atom. The van der Waals surface area contributed by atoms with Gasteiger partial charge in [-0.05, 0) is 18.6 Å². The van der Waals surface area contributed by atoms with E-state index in [1.54, 1.807) is 6.08 Å². The van der Waals surface area contributed by atoms with Crippen molar-refractivity contribution in [3.63, 3.8) is 0 Å². The molecule has 0 aliphatic heterocycles. The van der Waals surface area contributed by atoms with Gasteiger partial charge >= 0.3 is 0 Å². The van der Waals surface area contributed by atoms with Crippen LogP contribution in [0.1, 0.15) is 38.2 Å². The summed E-state index contributed by atoms with van der Waals surface area (Å²) in [6, 6.07) is 11.2. The van der Waals surface area contributed by atoms with E-state index in [2.05, 4.69) is 6.92 Å². The fourth-order valence-corrected chi connectivity index (χ4v) is 1.69. The summed E-state index contributed by atoms with van der Waals surface area (Å²) in [5.41, 5.74) is 0.859. The Morgan fingerprint density at radius 1 is 1.16 bits per heavy atom. The number of rotatable bonds is 7. The van der Waals surface area contributed by atoms with Gasteiger partial charge in [-0.2, -0.15) is 10.5 Å². The molecule has 0 saturated heterocycles. The number of allylic oxidation sites excluding steroid dienone is 1. The summed E-state index contributed by atoms with van der Waals surface area (Å²) in [5.74, 6) is 0.724. The predicted molar refractivity (Wildman–Crippen MR) is 75.3 cm³/mol. The minimum Gasteiger partial charge on any atom is -0.493 e. The lowest BCUT2D eigenvalue weighted by molar-refractivity contribution is 0.304. The first kappa shape index (κ1) is 14.8. The Hall–Kier alpha value is -2.26. The fraction of sp³-hybridized carbons (Fsp3) is 0.375. The molecule has 1 rings (SSSR count). The van der Waals surface area contributed by atoms with Crippen molar-refractivity contribution in [3.05, 3.63) is 35.4 Å². The molecular formula is C16H18N2O. The molecule has 0 aliphatic rings. The van der Waals surface area contributed by atoms with Crippen molar-refractivity contribution in [2.24, 2.45) is 0 Å². The third-order valence-corrected chi connectivity index (χ3v) is 2.72. The van der Waals surface area contributed by atoms with Crippen molar-refractivity contribution in [3.8, 4) is 17.9 Å². The normalized spacial score (nSPS) is 9.21. The molecule has 98 valence electrons. The summed E-state index contributed by atoms with van der Waals surface area (Å²) in [6.07, 6.45) is 6.16. The molecule has 0 saturated carbocycles. The molecule has 0 amide bonds. The number of hydrogen-bond acceptors (Lipinski definition) is 3. The number of ether oxygens (including phenoxy) is 1. The van der Waals surface area contributed by atoms with Crippen LogP contribution in [0.4, 0.5) is 0 Å². The Balaban J connectivity index is 2.67. The minimum atomic E-state index is 0.0852. The van der Waals surface area contributed by atoms with E-state index in [0.29, 0.717) is 6.61 Å². The summed E-state index contributed by atoms with van der Waals surface area (Å²) in [6.45, 7) is 2.84. The van der Waals surface area contributed by atoms with Gasteiger partial charge in [-0.25, -0.2) is 0 Å². The lowest BCUT2D eigenvalue weighted by Gasteiger charge is -2.08. The molecule has 0 fully saturated rings. The van der Waals surface area contributed by atoms with Crippen LogP contribution < -0.4 is 4.74 Å². The first-order valence-corrected chi connectivity index (χ1v) is 6.55. The number of nitriles is 2. The highest BCUT2D eigenvalue weighted by Gasteiger charge is 2.02. The van der Waals surface area contributed by atoms with Crippen LogP contribution in [-0.4, -0.2) is 6.61 Å². The van der Waals surface area contributed by atoms with Gasteiger partial charge in [-0.15, -0.1) is 0 Å². The van der Waals surface area contributed by atoms with Gasteiger partial charge in [-0.3, -0.25) is 0 Å². The second kappa shape index (κ2) is 8.78. The highest BCUT2D eigenvalue weighted by Crippen LogP contribution is 2.21. The SMILES string of the molecule is CCCCCCOc1ccccc1C=C(C#N)C#N. The summed E-state index contributed by atoms with van der Waals surface area (Å²) in [7, 11) is 0. The van der Waals surface area contributed by atoms with Gasteiger partial charge in [-0.1, -0.05) is 44.4 Å². The second-order valence-electron chi connectivity index (χ2n) is 4.23. The number of para-hydroxylation sites is 1. The molecule has 3 heteroatoms. The largest absolute Gasteiger partial charge is 0.493 e. The van der Waals surface area contributed by atoms with Gasteiger partial charge in [0.05, 0.1) is 6.61 Å². The van der Waals surface area contributed by atoms with Crippen molar-refractivity contribution < 1.29 is 4.74 Å². The van der Waals surface area contributed by atoms with Crippen LogP contribution in [0.15, 0.2) is 29.8 Å². The van der Waals surface area contributed by atoms with Gasteiger partial charge in [0, 0.05) is 5.56 Å². The monoisotopic (exact) mass is 254 g/mol. The van der Waals surface area contributed by atoms with Crippen molar-refractivity contribution in [2.45, 2.75) is 32.6 Å². The van der Waals surface area contributed by atoms with Crippen LogP contribution in [0.5, 0.6) is 5.75 Å². The van der Waals surface area contributed by atoms with Crippen LogP contribution in [0.2, 0.25) is 0 Å². The zero-order valence-electron chi connectivity index (χ0n) is 11.2. The second-order valence-corrected chi connectivity index (χ2v) is 4.23. The fourth-order valence-electron chi connectivity index (χ4n) is 1.69. The van der Waals surface area contributed by atoms with E-state index >= 15 is 0 Å². The number of nitrogens with zero attached hydrogens (tertiary/aromatic N) is 2. The molecule has 0 unspecified atom stereocenters. The van der Waals surface area contributed by atoms with E-state index in [1.165, 1.54) is 12.8 Å². The Morgan fingerprint density at radius 2 is 1.89 bits per heavy atom. The quantitative estimate of drug-likeness (QED) is 0.544. The van der Waals surface area contributed by atoms with Crippen LogP contribution in [0, 0.1) is 22.7 Å². The summed E-state index contributed by atoms with van der Waals surface area (Å²) in [5, 5.41) is 17.5. The summed E-state index contributed by atoms with van der Waals surface area (Å²) < 4.78 is 5.71. The van der Waals surface area contributed by atoms with Gasteiger partial charge in [0.1, 0.15) is 23.5 Å². The molecule has 0 atom stereocenters. The lowest BCUT2D eigenvalue weighted by Crippen LogP contribution is -1.98. The van der Waals surface area contributed by atoms with E-state index < -0.39 is 0 Å². The molecule has 0 N–H and O–H groups in total. The first-order chi connectivity index (χ1) is 9.31. The molecule has 19 heavy (non-hydrogen) atoms. The first-order valence-electron chi connectivity index (χ1n) is 6.55. The standard InChI is InChI=1S/C16H18N2O/c1-2-3-4-7-10-19-16-9-6-5-8-15(16)11-14(12-17)13-18/h5-6,8-9,11H,2-4,7,10H2,1H3. The van der Waals surface area contributed by atoms with Crippen LogP contribution >= 0.6 is 0 Å². The molecule has 0 heterocycles. The Labute approximate surface area is 114 Å². The molecule has 0 radical (unpaired) electrons. The van der Waals surface area contributed by atoms with Crippen molar-refractivity contribution >= 4 is 6.08 Å². The molecule has 1 aromatic rings.